The average molecular weight is 630 g/mol. The van der Waals surface area contributed by atoms with Crippen molar-refractivity contribution in [1.29, 1.82) is 0 Å². The third-order valence-corrected chi connectivity index (χ3v) is 3.37. The number of aldehydes is 1. The summed E-state index contributed by atoms with van der Waals surface area (Å²) in [5, 5.41) is 6.22. The van der Waals surface area contributed by atoms with Gasteiger partial charge in [-0.3, -0.25) is 4.79 Å². The second-order valence-corrected chi connectivity index (χ2v) is 6.11. The molecule has 0 saturated heterocycles. The molecule has 157 valence electrons. The molecular formula is C18H29N5O3Y3-4. The van der Waals surface area contributed by atoms with Crippen LogP contribution in [0.4, 0.5) is 0 Å². The summed E-state index contributed by atoms with van der Waals surface area (Å²) in [6, 6.07) is -2.64. The number of nitrogens with zero attached hydrogens (tertiary/aromatic N) is 2. The maximum absolute atomic E-state index is 11.9. The molecule has 1 aromatic heterocycles. The van der Waals surface area contributed by atoms with Crippen LogP contribution in [0.2, 0.25) is 0 Å². The smallest absolute Gasteiger partial charge is 0.203 e. The largest absolute Gasteiger partial charge is 0.667 e. The molecule has 0 bridgehead atoms. The summed E-state index contributed by atoms with van der Waals surface area (Å²) in [7, 11) is 0. The summed E-state index contributed by atoms with van der Waals surface area (Å²) in [4.78, 5) is 41.2. The normalized spacial score (nSPS) is 12.4. The van der Waals surface area contributed by atoms with Gasteiger partial charge in [-0.1, -0.05) is 31.8 Å². The zero-order valence-corrected chi connectivity index (χ0v) is 25.9. The molecule has 0 fully saturated rings. The van der Waals surface area contributed by atoms with E-state index in [0.717, 1.165) is 12.8 Å². The summed E-state index contributed by atoms with van der Waals surface area (Å²) in [5.41, 5.74) is 8.44. The molecular weight excluding hydrogens is 601 g/mol. The summed E-state index contributed by atoms with van der Waals surface area (Å²) in [6.07, 6.45) is 5.71. The number of amides is 2. The van der Waals surface area contributed by atoms with Gasteiger partial charge >= 0.3 is 0 Å². The Morgan fingerprint density at radius 3 is 2.17 bits per heavy atom. The fourth-order valence-corrected chi connectivity index (χ4v) is 1.68. The van der Waals surface area contributed by atoms with Crippen LogP contribution in [0.15, 0.2) is 12.5 Å². The molecule has 8 nitrogen and oxygen atoms in total. The molecule has 0 aliphatic heterocycles. The van der Waals surface area contributed by atoms with Gasteiger partial charge in [-0.05, 0) is 13.3 Å². The molecule has 1 heterocycles. The number of carbonyl (C=O) groups excluding carboxylic acids is 3. The molecule has 0 saturated carbocycles. The van der Waals surface area contributed by atoms with E-state index in [9.17, 15) is 14.4 Å². The van der Waals surface area contributed by atoms with Gasteiger partial charge in [-0.2, -0.15) is 0 Å². The van der Waals surface area contributed by atoms with Crippen molar-refractivity contribution in [2.45, 2.75) is 58.2 Å². The summed E-state index contributed by atoms with van der Waals surface area (Å²) in [6.45, 7) is 12.1. The van der Waals surface area contributed by atoms with Gasteiger partial charge in [0.15, 0.2) is 0 Å². The molecule has 11 heteroatoms. The monoisotopic (exact) mass is 630 g/mol. The number of aromatic amines is 1. The zero-order chi connectivity index (χ0) is 20.1. The van der Waals surface area contributed by atoms with Crippen LogP contribution in [0.25, 0.3) is 11.1 Å². The molecule has 0 spiro atoms. The van der Waals surface area contributed by atoms with E-state index in [2.05, 4.69) is 34.4 Å². The van der Waals surface area contributed by atoms with Crippen molar-refractivity contribution >= 4 is 18.1 Å². The van der Waals surface area contributed by atoms with Crippen molar-refractivity contribution in [2.75, 3.05) is 0 Å². The molecule has 3 radical (unpaired) electrons. The zero-order valence-electron chi connectivity index (χ0n) is 17.4. The van der Waals surface area contributed by atoms with Crippen LogP contribution in [0.5, 0.6) is 0 Å². The van der Waals surface area contributed by atoms with Crippen molar-refractivity contribution in [3.63, 3.8) is 0 Å². The van der Waals surface area contributed by atoms with Gasteiger partial charge in [0.25, 0.3) is 0 Å². The summed E-state index contributed by atoms with van der Waals surface area (Å²) >= 11 is 0. The van der Waals surface area contributed by atoms with Crippen LogP contribution in [-0.2, 0) is 119 Å². The second kappa shape index (κ2) is 22.3. The first-order chi connectivity index (χ1) is 12.3. The molecule has 29 heavy (non-hydrogen) atoms. The molecule has 0 aliphatic carbocycles. The van der Waals surface area contributed by atoms with E-state index in [1.807, 2.05) is 0 Å². The van der Waals surface area contributed by atoms with E-state index in [4.69, 9.17) is 5.73 Å². The number of carbonyl (C=O) groups is 3. The van der Waals surface area contributed by atoms with Crippen LogP contribution in [0.1, 0.15) is 39.3 Å². The Bertz CT molecular complexity index is 543. The van der Waals surface area contributed by atoms with E-state index < -0.39 is 29.9 Å². The second-order valence-electron chi connectivity index (χ2n) is 6.11. The average Bonchev–Trinajstić information content (AvgIpc) is 3.11. The van der Waals surface area contributed by atoms with Gasteiger partial charge in [0.2, 0.25) is 5.91 Å². The molecule has 1 aromatic rings. The molecule has 0 aromatic carbocycles. The fraction of sp³-hybridized carbons (Fsp3) is 0.556. The van der Waals surface area contributed by atoms with E-state index in [0.29, 0.717) is 12.0 Å². The minimum atomic E-state index is -1.05. The van der Waals surface area contributed by atoms with Crippen molar-refractivity contribution in [3.05, 3.63) is 43.1 Å². The van der Waals surface area contributed by atoms with E-state index in [1.54, 1.807) is 13.8 Å². The van der Waals surface area contributed by atoms with Gasteiger partial charge in [0, 0.05) is 110 Å². The molecule has 0 unspecified atom stereocenters. The summed E-state index contributed by atoms with van der Waals surface area (Å²) in [5.74, 6) is -1.24. The number of nitrogens with one attached hydrogen (secondary N) is 3. The molecule has 3 atom stereocenters. The molecule has 1 rings (SSSR count). The number of H-pyrrole nitrogens is 1. The van der Waals surface area contributed by atoms with Crippen LogP contribution >= 0.6 is 0 Å². The Balaban J connectivity index is -0.000000408. The van der Waals surface area contributed by atoms with E-state index in [1.165, 1.54) is 19.4 Å². The SMILES string of the molecule is CC(C)[C@@H](C=O)[N-]C(=O)[C@@H](C)NC(=O)[C@@H]([NH-])Cc1cnc[nH]1.[CH2-]CC[CH2-].[Y].[Y].[Y]. The van der Waals surface area contributed by atoms with Crippen molar-refractivity contribution in [1.82, 2.24) is 15.3 Å². The van der Waals surface area contributed by atoms with E-state index in [-0.39, 0.29) is 110 Å². The van der Waals surface area contributed by atoms with Crippen LogP contribution in [0.3, 0.4) is 0 Å². The van der Waals surface area contributed by atoms with Crippen LogP contribution in [-0.4, -0.2) is 46.2 Å². The number of imidazole rings is 1. The third kappa shape index (κ3) is 17.3. The Morgan fingerprint density at radius 1 is 1.24 bits per heavy atom. The standard InChI is InChI=1S/C14H22N5O3.C4H8.3Y/c1-8(2)12(6-20)19-13(21)9(3)18-14(22)11(15)4-10-5-16-7-17-10;1-3-4-2;;;/h5-9,11-12,15H,4H2,1-3H3,(H3,16,17,18,19,21,22);1-4H2;;;/q-1;-2;;;/p-1/t9-,11+,12-;;;;/m1..../s1. The first-order valence-electron chi connectivity index (χ1n) is 8.53. The Hall–Kier alpha value is 1.09. The maximum Gasteiger partial charge on any atom is 0.203 e. The van der Waals surface area contributed by atoms with Crippen LogP contribution in [0, 0.1) is 19.8 Å². The summed E-state index contributed by atoms with van der Waals surface area (Å²) < 4.78 is 0. The Kier molecular flexibility index (Phi) is 28.8. The molecule has 0 aliphatic rings. The first kappa shape index (κ1) is 37.4. The van der Waals surface area contributed by atoms with E-state index >= 15 is 0 Å². The predicted molar refractivity (Wildman–Crippen MR) is 101 cm³/mol. The number of rotatable bonds is 9. The van der Waals surface area contributed by atoms with Gasteiger partial charge in [0.1, 0.15) is 6.29 Å². The maximum atomic E-state index is 11.9. The van der Waals surface area contributed by atoms with Crippen LogP contribution < -0.4 is 5.32 Å². The third-order valence-electron chi connectivity index (χ3n) is 3.37. The molecule has 3 N–H and O–H groups in total. The number of hydrogen-bond acceptors (Lipinski definition) is 4. The quantitative estimate of drug-likeness (QED) is 0.321. The topological polar surface area (TPSA) is 130 Å². The van der Waals surface area contributed by atoms with Gasteiger partial charge in [-0.15, -0.1) is 0 Å². The number of unbranched alkanes of at least 4 members (excludes halogenated alkanes) is 1. The first-order valence-corrected chi connectivity index (χ1v) is 8.53. The Labute approximate surface area is 249 Å². The number of aromatic nitrogens is 2. The van der Waals surface area contributed by atoms with Gasteiger partial charge in [0.05, 0.1) is 18.3 Å². The van der Waals surface area contributed by atoms with Crippen molar-refractivity contribution < 1.29 is 113 Å². The van der Waals surface area contributed by atoms with Gasteiger partial charge < -0.3 is 44.8 Å². The van der Waals surface area contributed by atoms with Crippen molar-refractivity contribution in [2.24, 2.45) is 5.92 Å². The minimum absolute atomic E-state index is 0. The minimum Gasteiger partial charge on any atom is -0.667 e. The fourth-order valence-electron chi connectivity index (χ4n) is 1.68. The Morgan fingerprint density at radius 2 is 1.79 bits per heavy atom. The predicted octanol–water partition coefficient (Wildman–Crippen LogP) is 2.43. The number of hydrogen-bond donors (Lipinski definition) is 2. The van der Waals surface area contributed by atoms with Gasteiger partial charge in [-0.25, -0.2) is 17.8 Å². The molecule has 2 amide bonds. The van der Waals surface area contributed by atoms with Crippen molar-refractivity contribution in [3.8, 4) is 0 Å².